The van der Waals surface area contributed by atoms with Gasteiger partial charge in [0.25, 0.3) is 5.69 Å². The van der Waals surface area contributed by atoms with Gasteiger partial charge in [-0.2, -0.15) is 0 Å². The van der Waals surface area contributed by atoms with Crippen molar-refractivity contribution in [1.82, 2.24) is 4.98 Å². The van der Waals surface area contributed by atoms with Crippen LogP contribution >= 0.6 is 0 Å². The zero-order valence-corrected chi connectivity index (χ0v) is 8.60. The van der Waals surface area contributed by atoms with Gasteiger partial charge in [-0.15, -0.1) is 0 Å². The van der Waals surface area contributed by atoms with Crippen LogP contribution in [-0.2, 0) is 0 Å². The summed E-state index contributed by atoms with van der Waals surface area (Å²) in [6, 6.07) is 1.36. The molecule has 0 bridgehead atoms. The first-order valence-corrected chi connectivity index (χ1v) is 4.53. The van der Waals surface area contributed by atoms with E-state index >= 15 is 0 Å². The van der Waals surface area contributed by atoms with Crippen molar-refractivity contribution in [3.05, 3.63) is 27.9 Å². The van der Waals surface area contributed by atoms with E-state index in [1.165, 1.54) is 12.3 Å². The molecule has 1 atom stereocenters. The third-order valence-electron chi connectivity index (χ3n) is 1.85. The van der Waals surface area contributed by atoms with E-state index in [0.29, 0.717) is 17.9 Å². The van der Waals surface area contributed by atoms with Crippen molar-refractivity contribution in [2.45, 2.75) is 20.0 Å². The molecule has 1 heterocycles. The van der Waals surface area contributed by atoms with Crippen molar-refractivity contribution in [3.63, 3.8) is 0 Å². The molecule has 1 rings (SSSR count). The molecule has 15 heavy (non-hydrogen) atoms. The van der Waals surface area contributed by atoms with E-state index in [9.17, 15) is 10.1 Å². The Bertz CT molecular complexity index is 366. The lowest BCUT2D eigenvalue weighted by Gasteiger charge is -2.07. The van der Waals surface area contributed by atoms with Crippen LogP contribution in [0.25, 0.3) is 0 Å². The number of aliphatic hydroxyl groups excluding tert-OH is 1. The number of hydrogen-bond donors (Lipinski definition) is 2. The Morgan fingerprint density at radius 2 is 2.40 bits per heavy atom. The molecule has 2 N–H and O–H groups in total. The van der Waals surface area contributed by atoms with E-state index in [0.717, 1.165) is 0 Å². The Balaban J connectivity index is 2.83. The minimum absolute atomic E-state index is 0.0260. The molecule has 0 saturated heterocycles. The van der Waals surface area contributed by atoms with Crippen LogP contribution in [0.4, 0.5) is 11.5 Å². The van der Waals surface area contributed by atoms with E-state index < -0.39 is 11.0 Å². The molecule has 0 fully saturated rings. The molecular weight excluding hydrogens is 198 g/mol. The summed E-state index contributed by atoms with van der Waals surface area (Å²) in [4.78, 5) is 14.1. The second kappa shape index (κ2) is 4.70. The number of anilines is 1. The fourth-order valence-corrected chi connectivity index (χ4v) is 1.06. The second-order valence-corrected chi connectivity index (χ2v) is 3.34. The number of nitro groups is 1. The van der Waals surface area contributed by atoms with Crippen molar-refractivity contribution in [1.29, 1.82) is 0 Å². The summed E-state index contributed by atoms with van der Waals surface area (Å²) in [7, 11) is 0. The Morgan fingerprint density at radius 3 is 2.93 bits per heavy atom. The van der Waals surface area contributed by atoms with Gasteiger partial charge in [-0.25, -0.2) is 4.98 Å². The number of hydrogen-bond acceptors (Lipinski definition) is 5. The van der Waals surface area contributed by atoms with Crippen molar-refractivity contribution in [3.8, 4) is 0 Å². The van der Waals surface area contributed by atoms with Gasteiger partial charge in [0.2, 0.25) is 0 Å². The average Bonchev–Trinajstić information content (AvgIpc) is 2.16. The third-order valence-corrected chi connectivity index (χ3v) is 1.85. The van der Waals surface area contributed by atoms with Crippen LogP contribution in [-0.4, -0.2) is 27.7 Å². The molecule has 0 aromatic carbocycles. The maximum absolute atomic E-state index is 10.6. The summed E-state index contributed by atoms with van der Waals surface area (Å²) in [6.07, 6.45) is 0.912. The van der Waals surface area contributed by atoms with E-state index in [1.54, 1.807) is 13.8 Å². The summed E-state index contributed by atoms with van der Waals surface area (Å²) in [5.41, 5.74) is 0.542. The topological polar surface area (TPSA) is 88.3 Å². The summed E-state index contributed by atoms with van der Waals surface area (Å²) >= 11 is 0. The molecule has 6 nitrogen and oxygen atoms in total. The summed E-state index contributed by atoms with van der Waals surface area (Å²) in [5, 5.41) is 22.4. The zero-order chi connectivity index (χ0) is 11.4. The lowest BCUT2D eigenvalue weighted by atomic mass is 10.2. The molecule has 0 amide bonds. The van der Waals surface area contributed by atoms with E-state index in [1.807, 2.05) is 0 Å². The van der Waals surface area contributed by atoms with Gasteiger partial charge >= 0.3 is 0 Å². The lowest BCUT2D eigenvalue weighted by molar-refractivity contribution is -0.385. The van der Waals surface area contributed by atoms with Crippen molar-refractivity contribution in [2.75, 3.05) is 11.9 Å². The molecule has 0 spiro atoms. The van der Waals surface area contributed by atoms with Gasteiger partial charge in [-0.3, -0.25) is 10.1 Å². The molecular formula is C9H13N3O3. The molecule has 0 aliphatic carbocycles. The average molecular weight is 211 g/mol. The molecule has 1 aromatic rings. The van der Waals surface area contributed by atoms with Crippen LogP contribution < -0.4 is 5.32 Å². The lowest BCUT2D eigenvalue weighted by Crippen LogP contribution is -2.16. The highest BCUT2D eigenvalue weighted by atomic mass is 16.6. The standard InChI is InChI=1S/C9H13N3O3/c1-6-4-10-9(11-5-7(2)13)3-8(6)12(14)15/h3-4,7,13H,5H2,1-2H3,(H,10,11). The number of rotatable bonds is 4. The normalized spacial score (nSPS) is 12.2. The quantitative estimate of drug-likeness (QED) is 0.575. The number of nitrogens with one attached hydrogen (secondary N) is 1. The van der Waals surface area contributed by atoms with Crippen LogP contribution in [0.3, 0.4) is 0 Å². The number of pyridine rings is 1. The van der Waals surface area contributed by atoms with Gasteiger partial charge in [0.15, 0.2) is 0 Å². The largest absolute Gasteiger partial charge is 0.392 e. The van der Waals surface area contributed by atoms with Crippen LogP contribution in [0.2, 0.25) is 0 Å². The summed E-state index contributed by atoms with van der Waals surface area (Å²) < 4.78 is 0. The smallest absolute Gasteiger partial charge is 0.277 e. The fraction of sp³-hybridized carbons (Fsp3) is 0.444. The van der Waals surface area contributed by atoms with E-state index in [4.69, 9.17) is 5.11 Å². The predicted molar refractivity (Wildman–Crippen MR) is 55.8 cm³/mol. The highest BCUT2D eigenvalue weighted by Crippen LogP contribution is 2.19. The highest BCUT2D eigenvalue weighted by Gasteiger charge is 2.11. The van der Waals surface area contributed by atoms with Gasteiger partial charge in [0, 0.05) is 18.3 Å². The van der Waals surface area contributed by atoms with Gasteiger partial charge in [0.1, 0.15) is 5.82 Å². The number of nitrogens with zero attached hydrogens (tertiary/aromatic N) is 2. The molecule has 0 radical (unpaired) electrons. The second-order valence-electron chi connectivity index (χ2n) is 3.34. The van der Waals surface area contributed by atoms with Crippen molar-refractivity contribution < 1.29 is 10.0 Å². The monoisotopic (exact) mass is 211 g/mol. The molecule has 1 unspecified atom stereocenters. The van der Waals surface area contributed by atoms with Crippen molar-refractivity contribution >= 4 is 11.5 Å². The maximum atomic E-state index is 10.6. The summed E-state index contributed by atoms with van der Waals surface area (Å²) in [6.45, 7) is 3.56. The highest BCUT2D eigenvalue weighted by molar-refractivity contribution is 5.48. The Kier molecular flexibility index (Phi) is 3.56. The summed E-state index contributed by atoms with van der Waals surface area (Å²) in [5.74, 6) is 0.396. The number of aryl methyl sites for hydroxylation is 1. The molecule has 0 aliphatic rings. The molecule has 0 aliphatic heterocycles. The van der Waals surface area contributed by atoms with Crippen LogP contribution in [0, 0.1) is 17.0 Å². The van der Waals surface area contributed by atoms with Crippen molar-refractivity contribution in [2.24, 2.45) is 0 Å². The van der Waals surface area contributed by atoms with E-state index in [-0.39, 0.29) is 5.69 Å². The van der Waals surface area contributed by atoms with Gasteiger partial charge in [-0.05, 0) is 13.8 Å². The molecule has 6 heteroatoms. The maximum Gasteiger partial charge on any atom is 0.277 e. The number of aromatic nitrogens is 1. The Hall–Kier alpha value is -1.69. The number of aliphatic hydroxyl groups is 1. The SMILES string of the molecule is Cc1cnc(NCC(C)O)cc1[N+](=O)[O-]. The van der Waals surface area contributed by atoms with E-state index in [2.05, 4.69) is 10.3 Å². The molecule has 82 valence electrons. The third kappa shape index (κ3) is 3.17. The predicted octanol–water partition coefficient (Wildman–Crippen LogP) is 1.09. The first-order valence-electron chi connectivity index (χ1n) is 4.53. The van der Waals surface area contributed by atoms with Crippen LogP contribution in [0.1, 0.15) is 12.5 Å². The molecule has 1 aromatic heterocycles. The minimum atomic E-state index is -0.521. The van der Waals surface area contributed by atoms with Gasteiger partial charge in [0.05, 0.1) is 17.1 Å². The first kappa shape index (κ1) is 11.4. The Labute approximate surface area is 87.1 Å². The molecule has 0 saturated carbocycles. The zero-order valence-electron chi connectivity index (χ0n) is 8.60. The van der Waals surface area contributed by atoms with Crippen LogP contribution in [0.5, 0.6) is 0 Å². The minimum Gasteiger partial charge on any atom is -0.392 e. The van der Waals surface area contributed by atoms with Gasteiger partial charge < -0.3 is 10.4 Å². The van der Waals surface area contributed by atoms with Gasteiger partial charge in [-0.1, -0.05) is 0 Å². The first-order chi connectivity index (χ1) is 7.00. The Morgan fingerprint density at radius 1 is 1.73 bits per heavy atom. The van der Waals surface area contributed by atoms with Crippen LogP contribution in [0.15, 0.2) is 12.3 Å². The fourth-order valence-electron chi connectivity index (χ4n) is 1.06.